The van der Waals surface area contributed by atoms with Crippen molar-refractivity contribution in [2.24, 2.45) is 5.92 Å². The molecular formula is C24H23N3O3. The Hall–Kier alpha value is -3.09. The summed E-state index contributed by atoms with van der Waals surface area (Å²) in [5.41, 5.74) is 3.30. The van der Waals surface area contributed by atoms with Crippen molar-refractivity contribution in [2.45, 2.75) is 19.4 Å². The molecule has 0 spiro atoms. The fraction of sp³-hybridized carbons (Fsp3) is 0.292. The van der Waals surface area contributed by atoms with E-state index in [0.29, 0.717) is 29.6 Å². The molecule has 2 atom stereocenters. The van der Waals surface area contributed by atoms with Crippen LogP contribution in [0, 0.1) is 5.92 Å². The number of Topliss-reactive ketones (excluding diaryl/α,β-unsaturated/α-hetero) is 2. The number of benzene rings is 2. The fourth-order valence-electron chi connectivity index (χ4n) is 4.72. The molecule has 30 heavy (non-hydrogen) atoms. The first-order valence-corrected chi connectivity index (χ1v) is 10.1. The summed E-state index contributed by atoms with van der Waals surface area (Å²) in [6.07, 6.45) is 3.03. The van der Waals surface area contributed by atoms with E-state index in [1.165, 1.54) is 0 Å². The van der Waals surface area contributed by atoms with Gasteiger partial charge in [-0.25, -0.2) is 4.98 Å². The SMILES string of the molecule is CC(O)c1cc2c(c3c4c(cncn42)C(=O)C(CCN(C)C)C3=O)c2ccccc12. The molecule has 0 amide bonds. The molecule has 2 unspecified atom stereocenters. The van der Waals surface area contributed by atoms with Gasteiger partial charge in [-0.2, -0.15) is 0 Å². The van der Waals surface area contributed by atoms with Gasteiger partial charge >= 0.3 is 0 Å². The van der Waals surface area contributed by atoms with Crippen molar-refractivity contribution < 1.29 is 14.7 Å². The number of hydrogen-bond acceptors (Lipinski definition) is 5. The molecule has 1 N–H and O–H groups in total. The minimum atomic E-state index is -0.700. The predicted octanol–water partition coefficient (Wildman–Crippen LogP) is 3.64. The summed E-state index contributed by atoms with van der Waals surface area (Å²) in [6, 6.07) is 9.73. The third-order valence-electron chi connectivity index (χ3n) is 6.14. The number of fused-ring (bicyclic) bond motifs is 5. The molecule has 0 radical (unpaired) electrons. The van der Waals surface area contributed by atoms with Crippen molar-refractivity contribution in [3.05, 3.63) is 59.5 Å². The van der Waals surface area contributed by atoms with Crippen LogP contribution in [0.1, 0.15) is 45.7 Å². The summed E-state index contributed by atoms with van der Waals surface area (Å²) in [5.74, 6) is -0.980. The third-order valence-corrected chi connectivity index (χ3v) is 6.14. The zero-order valence-electron chi connectivity index (χ0n) is 17.2. The van der Waals surface area contributed by atoms with Crippen molar-refractivity contribution in [1.82, 2.24) is 14.3 Å². The minimum absolute atomic E-state index is 0.122. The predicted molar refractivity (Wildman–Crippen MR) is 116 cm³/mol. The van der Waals surface area contributed by atoms with Gasteiger partial charge in [0.2, 0.25) is 0 Å². The van der Waals surface area contributed by atoms with E-state index in [0.717, 1.165) is 27.2 Å². The zero-order chi connectivity index (χ0) is 21.2. The van der Waals surface area contributed by atoms with E-state index in [1.54, 1.807) is 19.4 Å². The van der Waals surface area contributed by atoms with E-state index in [2.05, 4.69) is 4.98 Å². The van der Waals surface area contributed by atoms with Crippen LogP contribution in [0.15, 0.2) is 42.9 Å². The molecule has 6 nitrogen and oxygen atoms in total. The van der Waals surface area contributed by atoms with Crippen LogP contribution in [0.4, 0.5) is 0 Å². The monoisotopic (exact) mass is 401 g/mol. The molecular weight excluding hydrogens is 378 g/mol. The largest absolute Gasteiger partial charge is 0.389 e. The quantitative estimate of drug-likeness (QED) is 0.529. The molecule has 2 aromatic heterocycles. The first kappa shape index (κ1) is 18.9. The summed E-state index contributed by atoms with van der Waals surface area (Å²) in [4.78, 5) is 33.1. The number of aliphatic hydroxyl groups is 1. The number of rotatable bonds is 4. The highest BCUT2D eigenvalue weighted by molar-refractivity contribution is 6.33. The number of carbonyl (C=O) groups is 2. The standard InChI is InChI=1S/C24H23N3O3/c1-13(28)17-10-19-20(15-7-5-4-6-14(15)17)21-22-18(11-25-12-27(19)22)23(29)16(24(21)30)8-9-26(2)3/h4-7,10-13,16,28H,8-9H2,1-3H3. The Morgan fingerprint density at radius 2 is 1.90 bits per heavy atom. The van der Waals surface area contributed by atoms with Crippen LogP contribution in [0.5, 0.6) is 0 Å². The van der Waals surface area contributed by atoms with Crippen molar-refractivity contribution in [1.29, 1.82) is 0 Å². The Labute approximate surface area is 173 Å². The second-order valence-electron chi connectivity index (χ2n) is 8.36. The smallest absolute Gasteiger partial charge is 0.177 e. The van der Waals surface area contributed by atoms with Gasteiger partial charge in [-0.1, -0.05) is 24.3 Å². The molecule has 4 aromatic rings. The lowest BCUT2D eigenvalue weighted by Crippen LogP contribution is -2.32. The summed E-state index contributed by atoms with van der Waals surface area (Å²) < 4.78 is 1.83. The van der Waals surface area contributed by atoms with Crippen LogP contribution in [0.3, 0.4) is 0 Å². The Bertz CT molecular complexity index is 1350. The highest BCUT2D eigenvalue weighted by atomic mass is 16.3. The van der Waals surface area contributed by atoms with Gasteiger partial charge in [0.1, 0.15) is 0 Å². The van der Waals surface area contributed by atoms with E-state index >= 15 is 0 Å². The second-order valence-corrected chi connectivity index (χ2v) is 8.36. The van der Waals surface area contributed by atoms with Crippen LogP contribution in [-0.4, -0.2) is 51.6 Å². The zero-order valence-corrected chi connectivity index (χ0v) is 17.2. The maximum Gasteiger partial charge on any atom is 0.177 e. The van der Waals surface area contributed by atoms with Gasteiger partial charge in [0.15, 0.2) is 11.6 Å². The molecule has 0 saturated heterocycles. The van der Waals surface area contributed by atoms with Gasteiger partial charge in [0, 0.05) is 11.6 Å². The van der Waals surface area contributed by atoms with Crippen molar-refractivity contribution in [3.8, 4) is 0 Å². The Morgan fingerprint density at radius 3 is 2.60 bits per heavy atom. The van der Waals surface area contributed by atoms with E-state index in [1.807, 2.05) is 53.7 Å². The summed E-state index contributed by atoms with van der Waals surface area (Å²) in [7, 11) is 3.87. The highest BCUT2D eigenvalue weighted by Gasteiger charge is 2.39. The number of carbonyl (C=O) groups excluding carboxylic acids is 2. The first-order chi connectivity index (χ1) is 14.4. The Morgan fingerprint density at radius 1 is 1.17 bits per heavy atom. The van der Waals surface area contributed by atoms with Crippen LogP contribution in [-0.2, 0) is 0 Å². The van der Waals surface area contributed by atoms with Crippen molar-refractivity contribution in [3.63, 3.8) is 0 Å². The molecule has 5 rings (SSSR count). The van der Waals surface area contributed by atoms with Crippen LogP contribution >= 0.6 is 0 Å². The Balaban J connectivity index is 1.92. The molecule has 2 heterocycles. The molecule has 1 aliphatic rings. The summed E-state index contributed by atoms with van der Waals surface area (Å²) in [5, 5.41) is 13.0. The Kier molecular flexibility index (Phi) is 4.24. The molecule has 2 aromatic carbocycles. The van der Waals surface area contributed by atoms with E-state index in [9.17, 15) is 14.7 Å². The van der Waals surface area contributed by atoms with Gasteiger partial charge in [0.05, 0.1) is 40.5 Å². The topological polar surface area (TPSA) is 74.9 Å². The number of aromatic nitrogens is 2. The minimum Gasteiger partial charge on any atom is -0.389 e. The van der Waals surface area contributed by atoms with Crippen molar-refractivity contribution >= 4 is 38.8 Å². The summed E-state index contributed by atoms with van der Waals surface area (Å²) >= 11 is 0. The number of nitrogens with zero attached hydrogens (tertiary/aromatic N) is 3. The molecule has 152 valence electrons. The maximum atomic E-state index is 13.6. The summed E-state index contributed by atoms with van der Waals surface area (Å²) in [6.45, 7) is 2.39. The average molecular weight is 401 g/mol. The third kappa shape index (κ3) is 2.54. The second kappa shape index (κ2) is 6.72. The van der Waals surface area contributed by atoms with E-state index in [-0.39, 0.29) is 11.6 Å². The lowest BCUT2D eigenvalue weighted by atomic mass is 9.81. The lowest BCUT2D eigenvalue weighted by Gasteiger charge is -2.22. The average Bonchev–Trinajstić information content (AvgIpc) is 3.06. The van der Waals surface area contributed by atoms with Crippen molar-refractivity contribution in [2.75, 3.05) is 20.6 Å². The first-order valence-electron chi connectivity index (χ1n) is 10.1. The number of ketones is 2. The van der Waals surface area contributed by atoms with Gasteiger partial charge in [-0.15, -0.1) is 0 Å². The number of hydrogen-bond donors (Lipinski definition) is 1. The van der Waals surface area contributed by atoms with Crippen LogP contribution in [0.25, 0.3) is 27.2 Å². The number of aliphatic hydroxyl groups excluding tert-OH is 1. The van der Waals surface area contributed by atoms with Crippen LogP contribution < -0.4 is 0 Å². The van der Waals surface area contributed by atoms with Gasteiger partial charge < -0.3 is 10.0 Å². The van der Waals surface area contributed by atoms with Gasteiger partial charge in [0.25, 0.3) is 0 Å². The highest BCUT2D eigenvalue weighted by Crippen LogP contribution is 2.41. The molecule has 1 aliphatic carbocycles. The fourth-order valence-corrected chi connectivity index (χ4v) is 4.72. The molecule has 0 saturated carbocycles. The normalized spacial score (nSPS) is 17.6. The van der Waals surface area contributed by atoms with E-state index in [4.69, 9.17) is 0 Å². The van der Waals surface area contributed by atoms with E-state index < -0.39 is 12.0 Å². The molecule has 0 bridgehead atoms. The van der Waals surface area contributed by atoms with Crippen LogP contribution in [0.2, 0.25) is 0 Å². The molecule has 0 aliphatic heterocycles. The maximum absolute atomic E-state index is 13.6. The lowest BCUT2D eigenvalue weighted by molar-refractivity contribution is 0.0788. The molecule has 0 fully saturated rings. The van der Waals surface area contributed by atoms with Gasteiger partial charge in [-0.3, -0.25) is 14.0 Å². The molecule has 6 heteroatoms. The van der Waals surface area contributed by atoms with Gasteiger partial charge in [-0.05, 0) is 56.4 Å².